The number of amides is 4. The molecule has 0 spiro atoms. The molecular weight excluding hydrogens is 500 g/mol. The standard InChI is InChI=1S/C24H32N6O8/c1-12(21(34)29-17(24(37)38)7-9-20(32)33)28-23(36)18(30-22(35)15(25)6-8-19(26)31)10-13-11-27-16-5-3-2-4-14(13)16/h2-5,11-12,15,17-18,27H,6-10,25H2,1H3,(H2,26,31)(H,28,36)(H,29,34)(H,30,35)(H,32,33)(H,37,38). The lowest BCUT2D eigenvalue weighted by Crippen LogP contribution is -2.57. The summed E-state index contributed by atoms with van der Waals surface area (Å²) in [5.41, 5.74) is 12.5. The van der Waals surface area contributed by atoms with Gasteiger partial charge in [0.2, 0.25) is 23.6 Å². The topological polar surface area (TPSA) is 247 Å². The summed E-state index contributed by atoms with van der Waals surface area (Å²) >= 11 is 0. The molecule has 14 nitrogen and oxygen atoms in total. The van der Waals surface area contributed by atoms with E-state index in [1.807, 2.05) is 24.3 Å². The monoisotopic (exact) mass is 532 g/mol. The van der Waals surface area contributed by atoms with Crippen LogP contribution in [0.5, 0.6) is 0 Å². The van der Waals surface area contributed by atoms with Gasteiger partial charge in [-0.2, -0.15) is 0 Å². The summed E-state index contributed by atoms with van der Waals surface area (Å²) in [6.45, 7) is 1.31. The number of rotatable bonds is 15. The summed E-state index contributed by atoms with van der Waals surface area (Å²) in [4.78, 5) is 74.6. The molecule has 4 unspecified atom stereocenters. The molecule has 4 atom stereocenters. The number of nitrogens with two attached hydrogens (primary N) is 2. The summed E-state index contributed by atoms with van der Waals surface area (Å²) in [5, 5.41) is 26.0. The maximum atomic E-state index is 13.2. The van der Waals surface area contributed by atoms with Gasteiger partial charge in [-0.15, -0.1) is 0 Å². The third kappa shape index (κ3) is 8.89. The second-order valence-corrected chi connectivity index (χ2v) is 8.80. The second kappa shape index (κ2) is 13.7. The number of primary amides is 1. The second-order valence-electron chi connectivity index (χ2n) is 8.80. The number of para-hydroxylation sites is 1. The number of carboxylic acid groups (broad SMARTS) is 2. The SMILES string of the molecule is CC(NC(=O)C(Cc1c[nH]c2ccccc12)NC(=O)C(N)CCC(N)=O)C(=O)NC(CCC(=O)O)C(=O)O. The van der Waals surface area contributed by atoms with E-state index in [0.29, 0.717) is 5.56 Å². The van der Waals surface area contributed by atoms with E-state index in [4.69, 9.17) is 16.6 Å². The Morgan fingerprint density at radius 1 is 0.895 bits per heavy atom. The lowest BCUT2D eigenvalue weighted by Gasteiger charge is -2.23. The molecule has 2 rings (SSSR count). The van der Waals surface area contributed by atoms with Crippen LogP contribution in [0.25, 0.3) is 10.9 Å². The number of nitrogens with one attached hydrogen (secondary N) is 4. The molecule has 4 amide bonds. The van der Waals surface area contributed by atoms with E-state index in [2.05, 4.69) is 20.9 Å². The Balaban J connectivity index is 2.16. The first-order chi connectivity index (χ1) is 17.9. The molecule has 0 aliphatic carbocycles. The lowest BCUT2D eigenvalue weighted by molar-refractivity contribution is -0.143. The molecule has 1 aromatic carbocycles. The van der Waals surface area contributed by atoms with E-state index in [0.717, 1.165) is 10.9 Å². The van der Waals surface area contributed by atoms with E-state index in [9.17, 15) is 33.9 Å². The van der Waals surface area contributed by atoms with E-state index < -0.39 is 66.2 Å². The highest BCUT2D eigenvalue weighted by Crippen LogP contribution is 2.19. The number of hydrogen-bond donors (Lipinski definition) is 8. The first-order valence-electron chi connectivity index (χ1n) is 11.8. The van der Waals surface area contributed by atoms with Crippen LogP contribution in [0.2, 0.25) is 0 Å². The number of H-pyrrole nitrogens is 1. The average Bonchev–Trinajstić information content (AvgIpc) is 3.26. The molecule has 2 aromatic rings. The highest BCUT2D eigenvalue weighted by molar-refractivity contribution is 5.95. The van der Waals surface area contributed by atoms with Gasteiger partial charge in [0.1, 0.15) is 18.1 Å². The average molecular weight is 533 g/mol. The number of carbonyl (C=O) groups is 6. The smallest absolute Gasteiger partial charge is 0.326 e. The summed E-state index contributed by atoms with van der Waals surface area (Å²) in [6.07, 6.45) is 0.716. The first-order valence-corrected chi connectivity index (χ1v) is 11.8. The fraction of sp³-hybridized carbons (Fsp3) is 0.417. The molecule has 0 saturated carbocycles. The minimum Gasteiger partial charge on any atom is -0.481 e. The number of aromatic amines is 1. The van der Waals surface area contributed by atoms with Crippen molar-refractivity contribution < 1.29 is 39.0 Å². The van der Waals surface area contributed by atoms with Crippen LogP contribution >= 0.6 is 0 Å². The highest BCUT2D eigenvalue weighted by atomic mass is 16.4. The molecule has 14 heteroatoms. The van der Waals surface area contributed by atoms with Crippen LogP contribution in [0.15, 0.2) is 30.5 Å². The van der Waals surface area contributed by atoms with E-state index in [1.165, 1.54) is 6.92 Å². The van der Waals surface area contributed by atoms with Gasteiger partial charge in [0, 0.05) is 36.4 Å². The van der Waals surface area contributed by atoms with Gasteiger partial charge in [0.25, 0.3) is 0 Å². The Labute approximate surface area is 217 Å². The molecule has 0 fully saturated rings. The van der Waals surface area contributed by atoms with Gasteiger partial charge in [-0.3, -0.25) is 24.0 Å². The van der Waals surface area contributed by atoms with Crippen molar-refractivity contribution in [2.45, 2.75) is 63.2 Å². The Kier molecular flexibility index (Phi) is 10.8. The minimum atomic E-state index is -1.47. The molecule has 0 bridgehead atoms. The Hall–Kier alpha value is -4.46. The van der Waals surface area contributed by atoms with Gasteiger partial charge in [-0.1, -0.05) is 18.2 Å². The Bertz CT molecular complexity index is 1200. The van der Waals surface area contributed by atoms with Gasteiger partial charge in [0.05, 0.1) is 6.04 Å². The normalized spacial score (nSPS) is 14.1. The van der Waals surface area contributed by atoms with E-state index in [-0.39, 0.29) is 25.7 Å². The zero-order valence-electron chi connectivity index (χ0n) is 20.7. The summed E-state index contributed by atoms with van der Waals surface area (Å²) < 4.78 is 0. The third-order valence-corrected chi connectivity index (χ3v) is 5.78. The number of hydrogen-bond acceptors (Lipinski definition) is 7. The van der Waals surface area contributed by atoms with Crippen LogP contribution < -0.4 is 27.4 Å². The van der Waals surface area contributed by atoms with Crippen molar-refractivity contribution >= 4 is 46.5 Å². The van der Waals surface area contributed by atoms with Gasteiger partial charge in [-0.05, 0) is 31.4 Å². The largest absolute Gasteiger partial charge is 0.481 e. The fourth-order valence-corrected chi connectivity index (χ4v) is 3.64. The number of carbonyl (C=O) groups excluding carboxylic acids is 4. The molecule has 0 aliphatic rings. The predicted molar refractivity (Wildman–Crippen MR) is 134 cm³/mol. The minimum absolute atomic E-state index is 0.0226. The van der Waals surface area contributed by atoms with E-state index >= 15 is 0 Å². The van der Waals surface area contributed by atoms with Gasteiger partial charge in [-0.25, -0.2) is 4.79 Å². The van der Waals surface area contributed by atoms with Crippen LogP contribution in [0, 0.1) is 0 Å². The van der Waals surface area contributed by atoms with Crippen molar-refractivity contribution in [3.05, 3.63) is 36.0 Å². The molecule has 0 radical (unpaired) electrons. The van der Waals surface area contributed by atoms with Gasteiger partial charge < -0.3 is 42.6 Å². The van der Waals surface area contributed by atoms with Crippen LogP contribution in [0.1, 0.15) is 38.2 Å². The fourth-order valence-electron chi connectivity index (χ4n) is 3.64. The quantitative estimate of drug-likeness (QED) is 0.136. The van der Waals surface area contributed by atoms with Gasteiger partial charge >= 0.3 is 11.9 Å². The van der Waals surface area contributed by atoms with Gasteiger partial charge in [0.15, 0.2) is 0 Å². The molecular formula is C24H32N6O8. The number of aromatic nitrogens is 1. The molecule has 1 aromatic heterocycles. The molecule has 206 valence electrons. The first kappa shape index (κ1) is 29.8. The molecule has 10 N–H and O–H groups in total. The zero-order chi connectivity index (χ0) is 28.4. The third-order valence-electron chi connectivity index (χ3n) is 5.78. The van der Waals surface area contributed by atoms with Crippen LogP contribution in [-0.2, 0) is 35.2 Å². The van der Waals surface area contributed by atoms with Crippen molar-refractivity contribution in [1.29, 1.82) is 0 Å². The summed E-state index contributed by atoms with van der Waals surface area (Å²) in [7, 11) is 0. The van der Waals surface area contributed by atoms with Crippen molar-refractivity contribution in [3.8, 4) is 0 Å². The Morgan fingerprint density at radius 3 is 2.18 bits per heavy atom. The Morgan fingerprint density at radius 2 is 1.55 bits per heavy atom. The van der Waals surface area contributed by atoms with Crippen molar-refractivity contribution in [3.63, 3.8) is 0 Å². The lowest BCUT2D eigenvalue weighted by atomic mass is 10.0. The number of carboxylic acids is 2. The zero-order valence-corrected chi connectivity index (χ0v) is 20.7. The van der Waals surface area contributed by atoms with Crippen LogP contribution in [0.3, 0.4) is 0 Å². The van der Waals surface area contributed by atoms with Crippen molar-refractivity contribution in [2.75, 3.05) is 0 Å². The maximum absolute atomic E-state index is 13.2. The van der Waals surface area contributed by atoms with Crippen LogP contribution in [-0.4, -0.2) is 74.9 Å². The number of aliphatic carboxylic acids is 2. The number of fused-ring (bicyclic) bond motifs is 1. The predicted octanol–water partition coefficient (Wildman–Crippen LogP) is -1.27. The maximum Gasteiger partial charge on any atom is 0.326 e. The van der Waals surface area contributed by atoms with Crippen molar-refractivity contribution in [1.82, 2.24) is 20.9 Å². The van der Waals surface area contributed by atoms with Crippen molar-refractivity contribution in [2.24, 2.45) is 11.5 Å². The number of benzene rings is 1. The molecule has 0 aliphatic heterocycles. The molecule has 1 heterocycles. The van der Waals surface area contributed by atoms with Crippen LogP contribution in [0.4, 0.5) is 0 Å². The molecule has 38 heavy (non-hydrogen) atoms. The molecule has 0 saturated heterocycles. The summed E-state index contributed by atoms with van der Waals surface area (Å²) in [5.74, 6) is -5.59. The highest BCUT2D eigenvalue weighted by Gasteiger charge is 2.29. The summed E-state index contributed by atoms with van der Waals surface area (Å²) in [6, 6.07) is 2.31. The van der Waals surface area contributed by atoms with E-state index in [1.54, 1.807) is 6.20 Å².